The molecule has 17 heavy (non-hydrogen) atoms. The van der Waals surface area contributed by atoms with E-state index in [1.807, 2.05) is 6.07 Å². The highest BCUT2D eigenvalue weighted by molar-refractivity contribution is 7.11. The molecule has 88 valence electrons. The fourth-order valence-electron chi connectivity index (χ4n) is 2.11. The topological polar surface area (TPSA) is 55.0 Å². The highest BCUT2D eigenvalue weighted by atomic mass is 32.1. The Balaban J connectivity index is 1.79. The van der Waals surface area contributed by atoms with Crippen LogP contribution < -0.4 is 4.74 Å². The molecule has 0 saturated carbocycles. The van der Waals surface area contributed by atoms with Gasteiger partial charge in [0, 0.05) is 17.3 Å². The van der Waals surface area contributed by atoms with Crippen molar-refractivity contribution in [3.63, 3.8) is 0 Å². The van der Waals surface area contributed by atoms with Gasteiger partial charge in [0.25, 0.3) is 5.19 Å². The molecule has 0 aromatic carbocycles. The van der Waals surface area contributed by atoms with E-state index in [0.717, 1.165) is 12.8 Å². The highest BCUT2D eigenvalue weighted by Gasteiger charge is 2.18. The largest absolute Gasteiger partial charge is 0.393 e. The van der Waals surface area contributed by atoms with Crippen molar-refractivity contribution in [3.8, 4) is 5.19 Å². The molecule has 4 nitrogen and oxygen atoms in total. The van der Waals surface area contributed by atoms with Crippen LogP contribution in [-0.4, -0.2) is 15.9 Å². The summed E-state index contributed by atoms with van der Waals surface area (Å²) in [7, 11) is 0. The minimum atomic E-state index is -0.352. The Kier molecular flexibility index (Phi) is 2.68. The quantitative estimate of drug-likeness (QED) is 0.831. The lowest BCUT2D eigenvalue weighted by Gasteiger charge is -2.08. The van der Waals surface area contributed by atoms with Gasteiger partial charge in [-0.2, -0.15) is 0 Å². The maximum absolute atomic E-state index is 11.8. The number of aromatic nitrogens is 2. The van der Waals surface area contributed by atoms with E-state index in [1.54, 1.807) is 11.6 Å². The minimum Gasteiger partial charge on any atom is -0.393 e. The van der Waals surface area contributed by atoms with Crippen molar-refractivity contribution in [3.05, 3.63) is 34.6 Å². The van der Waals surface area contributed by atoms with Crippen LogP contribution in [0, 0.1) is 0 Å². The smallest absolute Gasteiger partial charge is 0.362 e. The number of carbonyl (C=O) groups excluding carboxylic acids is 1. The molecule has 2 aromatic heterocycles. The lowest BCUT2D eigenvalue weighted by atomic mass is 9.98. The molecule has 0 radical (unpaired) electrons. The standard InChI is InChI=1S/C12H12N2O2S/c15-11(16-12-13-5-6-17-12)10-7-8-3-1-2-4-9(8)14-10/h5-7,14H,1-4H2. The molecule has 0 amide bonds. The van der Waals surface area contributed by atoms with Crippen molar-refractivity contribution in [2.75, 3.05) is 0 Å². The zero-order chi connectivity index (χ0) is 11.7. The van der Waals surface area contributed by atoms with Crippen molar-refractivity contribution in [2.24, 2.45) is 0 Å². The van der Waals surface area contributed by atoms with Gasteiger partial charge in [-0.3, -0.25) is 0 Å². The van der Waals surface area contributed by atoms with Crippen molar-refractivity contribution >= 4 is 17.3 Å². The number of nitrogens with one attached hydrogen (secondary N) is 1. The molecule has 3 rings (SSSR count). The van der Waals surface area contributed by atoms with E-state index in [-0.39, 0.29) is 5.97 Å². The number of aryl methyl sites for hydroxylation is 2. The van der Waals surface area contributed by atoms with E-state index in [2.05, 4.69) is 9.97 Å². The van der Waals surface area contributed by atoms with Gasteiger partial charge in [-0.05, 0) is 37.3 Å². The number of hydrogen-bond donors (Lipinski definition) is 1. The SMILES string of the molecule is O=C(Oc1nccs1)c1cc2c([nH]1)CCCC2. The molecule has 0 spiro atoms. The lowest BCUT2D eigenvalue weighted by Crippen LogP contribution is -2.08. The molecule has 1 N–H and O–H groups in total. The summed E-state index contributed by atoms with van der Waals surface area (Å²) in [6.45, 7) is 0. The van der Waals surface area contributed by atoms with Crippen LogP contribution in [0.3, 0.4) is 0 Å². The summed E-state index contributed by atoms with van der Waals surface area (Å²) in [5.74, 6) is -0.352. The highest BCUT2D eigenvalue weighted by Crippen LogP contribution is 2.22. The van der Waals surface area contributed by atoms with E-state index in [1.165, 1.54) is 35.4 Å². The van der Waals surface area contributed by atoms with Crippen LogP contribution in [0.2, 0.25) is 0 Å². The maximum Gasteiger partial charge on any atom is 0.362 e. The van der Waals surface area contributed by atoms with Crippen LogP contribution in [-0.2, 0) is 12.8 Å². The second-order valence-corrected chi connectivity index (χ2v) is 4.94. The van der Waals surface area contributed by atoms with Gasteiger partial charge < -0.3 is 9.72 Å². The van der Waals surface area contributed by atoms with E-state index in [4.69, 9.17) is 4.74 Å². The molecule has 5 heteroatoms. The summed E-state index contributed by atoms with van der Waals surface area (Å²) in [5, 5.41) is 2.17. The Morgan fingerprint density at radius 2 is 2.29 bits per heavy atom. The van der Waals surface area contributed by atoms with Crippen molar-refractivity contribution in [1.29, 1.82) is 0 Å². The lowest BCUT2D eigenvalue weighted by molar-refractivity contribution is 0.0728. The molecule has 0 aliphatic heterocycles. The number of hydrogen-bond acceptors (Lipinski definition) is 4. The van der Waals surface area contributed by atoms with Crippen LogP contribution in [0.1, 0.15) is 34.6 Å². The summed E-state index contributed by atoms with van der Waals surface area (Å²) >= 11 is 1.31. The third kappa shape index (κ3) is 2.10. The van der Waals surface area contributed by atoms with Crippen LogP contribution in [0.25, 0.3) is 0 Å². The number of esters is 1. The first-order chi connectivity index (χ1) is 8.33. The number of carbonyl (C=O) groups is 1. The molecule has 0 unspecified atom stereocenters. The third-order valence-electron chi connectivity index (χ3n) is 2.92. The minimum absolute atomic E-state index is 0.352. The Morgan fingerprint density at radius 1 is 1.41 bits per heavy atom. The van der Waals surface area contributed by atoms with Gasteiger partial charge in [0.2, 0.25) is 0 Å². The monoisotopic (exact) mass is 248 g/mol. The fourth-order valence-corrected chi connectivity index (χ4v) is 2.59. The zero-order valence-electron chi connectivity index (χ0n) is 9.23. The second kappa shape index (κ2) is 4.33. The number of rotatable bonds is 2. The normalized spacial score (nSPS) is 14.4. The molecular formula is C12H12N2O2S. The fraction of sp³-hybridized carbons (Fsp3) is 0.333. The van der Waals surface area contributed by atoms with Gasteiger partial charge in [-0.1, -0.05) is 11.3 Å². The number of thiazole rings is 1. The molecule has 1 aliphatic rings. The molecule has 0 bridgehead atoms. The van der Waals surface area contributed by atoms with Gasteiger partial charge in [0.15, 0.2) is 0 Å². The van der Waals surface area contributed by atoms with E-state index in [9.17, 15) is 4.79 Å². The zero-order valence-corrected chi connectivity index (χ0v) is 10.0. The predicted molar refractivity (Wildman–Crippen MR) is 64.5 cm³/mol. The number of fused-ring (bicyclic) bond motifs is 1. The predicted octanol–water partition coefficient (Wildman–Crippen LogP) is 2.57. The summed E-state index contributed by atoms with van der Waals surface area (Å²) < 4.78 is 5.16. The maximum atomic E-state index is 11.8. The third-order valence-corrected chi connectivity index (χ3v) is 3.57. The Hall–Kier alpha value is -1.62. The Bertz CT molecular complexity index is 507. The summed E-state index contributed by atoms with van der Waals surface area (Å²) in [6, 6.07) is 1.91. The van der Waals surface area contributed by atoms with Crippen molar-refractivity contribution in [1.82, 2.24) is 9.97 Å². The van der Waals surface area contributed by atoms with Crippen molar-refractivity contribution < 1.29 is 9.53 Å². The molecule has 2 aromatic rings. The average molecular weight is 248 g/mol. The van der Waals surface area contributed by atoms with Gasteiger partial charge in [0.05, 0.1) is 0 Å². The van der Waals surface area contributed by atoms with Crippen LogP contribution in [0.5, 0.6) is 5.19 Å². The van der Waals surface area contributed by atoms with Gasteiger partial charge >= 0.3 is 5.97 Å². The number of H-pyrrole nitrogens is 1. The van der Waals surface area contributed by atoms with E-state index < -0.39 is 0 Å². The van der Waals surface area contributed by atoms with Crippen LogP contribution >= 0.6 is 11.3 Å². The van der Waals surface area contributed by atoms with Crippen molar-refractivity contribution in [2.45, 2.75) is 25.7 Å². The first-order valence-electron chi connectivity index (χ1n) is 5.65. The number of aromatic amines is 1. The van der Waals surface area contributed by atoms with Gasteiger partial charge in [-0.15, -0.1) is 0 Å². The number of nitrogens with zero attached hydrogens (tertiary/aromatic N) is 1. The molecule has 0 saturated heterocycles. The van der Waals surface area contributed by atoms with E-state index >= 15 is 0 Å². The first-order valence-corrected chi connectivity index (χ1v) is 6.53. The van der Waals surface area contributed by atoms with E-state index in [0.29, 0.717) is 10.9 Å². The molecule has 1 aliphatic carbocycles. The van der Waals surface area contributed by atoms with Crippen LogP contribution in [0.15, 0.2) is 17.6 Å². The summed E-state index contributed by atoms with van der Waals surface area (Å²) in [4.78, 5) is 18.9. The van der Waals surface area contributed by atoms with Gasteiger partial charge in [0.1, 0.15) is 5.69 Å². The molecule has 0 fully saturated rings. The first kappa shape index (κ1) is 10.5. The average Bonchev–Trinajstić information content (AvgIpc) is 2.96. The number of ether oxygens (including phenoxy) is 1. The molecule has 0 atom stereocenters. The second-order valence-electron chi connectivity index (χ2n) is 4.08. The van der Waals surface area contributed by atoms with Gasteiger partial charge in [-0.25, -0.2) is 9.78 Å². The molecular weight excluding hydrogens is 236 g/mol. The Labute approximate surface area is 103 Å². The summed E-state index contributed by atoms with van der Waals surface area (Å²) in [5.41, 5.74) is 2.97. The van der Waals surface area contributed by atoms with Crippen LogP contribution in [0.4, 0.5) is 0 Å². The molecule has 2 heterocycles. The Morgan fingerprint density at radius 3 is 3.06 bits per heavy atom. The summed E-state index contributed by atoms with van der Waals surface area (Å²) in [6.07, 6.45) is 6.09.